The minimum Gasteiger partial charge on any atom is -0.385 e. The van der Waals surface area contributed by atoms with Gasteiger partial charge in [0.2, 0.25) is 0 Å². The van der Waals surface area contributed by atoms with Gasteiger partial charge in [0.05, 0.1) is 17.4 Å². The molecule has 0 aliphatic rings. The number of anilines is 3. The van der Waals surface area contributed by atoms with Crippen molar-refractivity contribution < 1.29 is 18.2 Å². The Balaban J connectivity index is 0.00000385. The van der Waals surface area contributed by atoms with Crippen LogP contribution in [-0.2, 0) is 11.2 Å². The van der Waals surface area contributed by atoms with Crippen LogP contribution in [0.5, 0.6) is 0 Å². The number of ether oxygens (including phenoxy) is 1. The monoisotopic (exact) mass is 445 g/mol. The second-order valence-electron chi connectivity index (χ2n) is 8.26. The first kappa shape index (κ1) is 23.4. The zero-order chi connectivity index (χ0) is 23.0. The van der Waals surface area contributed by atoms with E-state index in [1.165, 1.54) is 19.4 Å². The number of hydrogen-bond donors (Lipinski definition) is 3. The standard InChI is InChI=1S/C24H30FN5O2.3H2/c1-24(2,25)12-13-26-23(31)29-19-9-7-18(8-10-19)28-22-16-27-30-21-15-17(5-4-14-32-3)6-11-20(21)22;;;/h6-11,15-16H,4-5,12-14H2,1-3H3,(H,28,30)(H2,26,29,31);3*1H. The van der Waals surface area contributed by atoms with Crippen molar-refractivity contribution in [1.82, 2.24) is 15.5 Å². The molecule has 2 amide bonds. The summed E-state index contributed by atoms with van der Waals surface area (Å²) in [5, 5.41) is 18.1. The number of carbonyl (C=O) groups excluding carboxylic acids is 1. The number of benzene rings is 2. The number of nitrogens with zero attached hydrogens (tertiary/aromatic N) is 2. The molecule has 0 saturated heterocycles. The third-order valence-electron chi connectivity index (χ3n) is 4.95. The van der Waals surface area contributed by atoms with Gasteiger partial charge >= 0.3 is 6.03 Å². The van der Waals surface area contributed by atoms with E-state index < -0.39 is 5.67 Å². The van der Waals surface area contributed by atoms with Gasteiger partial charge in [-0.05, 0) is 69.0 Å². The van der Waals surface area contributed by atoms with Crippen LogP contribution in [0.3, 0.4) is 0 Å². The Morgan fingerprint density at radius 1 is 1.16 bits per heavy atom. The van der Waals surface area contributed by atoms with E-state index in [1.54, 1.807) is 25.4 Å². The number of aryl methyl sites for hydroxylation is 1. The molecule has 0 atom stereocenters. The number of halogens is 1. The van der Waals surface area contributed by atoms with Crippen molar-refractivity contribution in [3.63, 3.8) is 0 Å². The van der Waals surface area contributed by atoms with Crippen LogP contribution in [0.4, 0.5) is 26.2 Å². The van der Waals surface area contributed by atoms with Gasteiger partial charge in [-0.2, -0.15) is 10.2 Å². The molecular formula is C24H36FN5O2. The van der Waals surface area contributed by atoms with Crippen LogP contribution in [0, 0.1) is 0 Å². The summed E-state index contributed by atoms with van der Waals surface area (Å²) in [5.41, 5.74) is 3.07. The molecule has 0 saturated carbocycles. The van der Waals surface area contributed by atoms with Gasteiger partial charge < -0.3 is 20.7 Å². The molecule has 0 fully saturated rings. The average molecular weight is 446 g/mol. The van der Waals surface area contributed by atoms with E-state index in [9.17, 15) is 9.18 Å². The molecule has 0 aliphatic heterocycles. The van der Waals surface area contributed by atoms with Crippen LogP contribution in [0.15, 0.2) is 48.7 Å². The zero-order valence-corrected chi connectivity index (χ0v) is 18.7. The number of alkyl halides is 1. The molecule has 2 aromatic carbocycles. The van der Waals surface area contributed by atoms with E-state index in [2.05, 4.69) is 38.3 Å². The van der Waals surface area contributed by atoms with Gasteiger partial charge in [0.15, 0.2) is 0 Å². The smallest absolute Gasteiger partial charge is 0.319 e. The lowest BCUT2D eigenvalue weighted by Gasteiger charge is -2.14. The molecule has 0 spiro atoms. The van der Waals surface area contributed by atoms with Crippen molar-refractivity contribution in [2.24, 2.45) is 0 Å². The third-order valence-corrected chi connectivity index (χ3v) is 4.95. The molecule has 0 aliphatic carbocycles. The highest BCUT2D eigenvalue weighted by atomic mass is 19.1. The number of amides is 2. The molecule has 1 aromatic heterocycles. The van der Waals surface area contributed by atoms with Crippen molar-refractivity contribution in [2.75, 3.05) is 30.9 Å². The highest BCUT2D eigenvalue weighted by Crippen LogP contribution is 2.26. The predicted molar refractivity (Wildman–Crippen MR) is 133 cm³/mol. The summed E-state index contributed by atoms with van der Waals surface area (Å²) < 4.78 is 18.6. The lowest BCUT2D eigenvalue weighted by atomic mass is 10.1. The number of urea groups is 1. The Morgan fingerprint density at radius 2 is 1.91 bits per heavy atom. The van der Waals surface area contributed by atoms with Crippen LogP contribution in [0.2, 0.25) is 0 Å². The van der Waals surface area contributed by atoms with E-state index in [4.69, 9.17) is 4.74 Å². The molecule has 176 valence electrons. The summed E-state index contributed by atoms with van der Waals surface area (Å²) in [6, 6.07) is 13.2. The second kappa shape index (κ2) is 10.9. The van der Waals surface area contributed by atoms with Gasteiger partial charge in [0, 0.05) is 41.3 Å². The largest absolute Gasteiger partial charge is 0.385 e. The molecule has 1 heterocycles. The molecule has 7 nitrogen and oxygen atoms in total. The van der Waals surface area contributed by atoms with E-state index in [0.29, 0.717) is 5.69 Å². The predicted octanol–water partition coefficient (Wildman–Crippen LogP) is 5.95. The maximum atomic E-state index is 13.5. The highest BCUT2D eigenvalue weighted by molar-refractivity contribution is 5.93. The SMILES string of the molecule is COCCCc1ccc2c(Nc3ccc(NC(=O)NCCC(C)(C)F)cc3)cnnc2c1.[HH].[HH].[HH]. The maximum Gasteiger partial charge on any atom is 0.319 e. The molecule has 3 N–H and O–H groups in total. The van der Waals surface area contributed by atoms with Crippen LogP contribution in [-0.4, -0.2) is 42.2 Å². The zero-order valence-electron chi connectivity index (χ0n) is 18.7. The van der Waals surface area contributed by atoms with E-state index >= 15 is 0 Å². The topological polar surface area (TPSA) is 88.2 Å². The first-order chi connectivity index (χ1) is 15.3. The quantitative estimate of drug-likeness (QED) is 0.336. The van der Waals surface area contributed by atoms with Crippen molar-refractivity contribution in [2.45, 2.75) is 38.8 Å². The van der Waals surface area contributed by atoms with Crippen LogP contribution in [0.1, 0.15) is 36.5 Å². The van der Waals surface area contributed by atoms with Gasteiger partial charge in [0.1, 0.15) is 5.67 Å². The number of carbonyl (C=O) groups is 1. The molecule has 8 heteroatoms. The Labute approximate surface area is 192 Å². The molecule has 32 heavy (non-hydrogen) atoms. The Kier molecular flexibility index (Phi) is 7.94. The van der Waals surface area contributed by atoms with Crippen molar-refractivity contribution in [3.05, 3.63) is 54.2 Å². The fourth-order valence-corrected chi connectivity index (χ4v) is 3.22. The van der Waals surface area contributed by atoms with Gasteiger partial charge in [-0.15, -0.1) is 0 Å². The fraction of sp³-hybridized carbons (Fsp3) is 0.375. The van der Waals surface area contributed by atoms with Gasteiger partial charge in [0.25, 0.3) is 0 Å². The fourth-order valence-electron chi connectivity index (χ4n) is 3.22. The van der Waals surface area contributed by atoms with Crippen LogP contribution >= 0.6 is 0 Å². The molecule has 3 aromatic rings. The van der Waals surface area contributed by atoms with E-state index in [-0.39, 0.29) is 23.3 Å². The van der Waals surface area contributed by atoms with Crippen molar-refractivity contribution >= 4 is 34.0 Å². The van der Waals surface area contributed by atoms with E-state index in [1.807, 2.05) is 18.2 Å². The number of rotatable bonds is 10. The second-order valence-corrected chi connectivity index (χ2v) is 8.26. The average Bonchev–Trinajstić information content (AvgIpc) is 2.74. The Hall–Kier alpha value is -3.26. The first-order valence-corrected chi connectivity index (χ1v) is 10.7. The Bertz CT molecular complexity index is 1050. The summed E-state index contributed by atoms with van der Waals surface area (Å²) in [5.74, 6) is 0. The van der Waals surface area contributed by atoms with Crippen LogP contribution < -0.4 is 16.0 Å². The van der Waals surface area contributed by atoms with Crippen molar-refractivity contribution in [3.8, 4) is 0 Å². The molecule has 0 radical (unpaired) electrons. The number of nitrogens with one attached hydrogen (secondary N) is 3. The normalized spacial score (nSPS) is 11.4. The molecule has 3 rings (SSSR count). The summed E-state index contributed by atoms with van der Waals surface area (Å²) in [7, 11) is 1.71. The minimum absolute atomic E-state index is 0. The van der Waals surface area contributed by atoms with Crippen LogP contribution in [0.25, 0.3) is 10.9 Å². The lowest BCUT2D eigenvalue weighted by Crippen LogP contribution is -2.32. The van der Waals surface area contributed by atoms with Gasteiger partial charge in [-0.3, -0.25) is 0 Å². The number of aromatic nitrogens is 2. The molecular weight excluding hydrogens is 409 g/mol. The van der Waals surface area contributed by atoms with Crippen molar-refractivity contribution in [1.29, 1.82) is 0 Å². The number of methoxy groups -OCH3 is 1. The third kappa shape index (κ3) is 7.16. The first-order valence-electron chi connectivity index (χ1n) is 10.7. The maximum absolute atomic E-state index is 13.5. The molecule has 0 bridgehead atoms. The van der Waals surface area contributed by atoms with E-state index in [0.717, 1.165) is 41.7 Å². The van der Waals surface area contributed by atoms with Gasteiger partial charge in [-0.25, -0.2) is 9.18 Å². The highest BCUT2D eigenvalue weighted by Gasteiger charge is 2.15. The summed E-state index contributed by atoms with van der Waals surface area (Å²) in [6.07, 6.45) is 3.83. The summed E-state index contributed by atoms with van der Waals surface area (Å²) in [4.78, 5) is 11.9. The number of fused-ring (bicyclic) bond motifs is 1. The Morgan fingerprint density at radius 3 is 2.62 bits per heavy atom. The number of hydrogen-bond acceptors (Lipinski definition) is 5. The summed E-state index contributed by atoms with van der Waals surface area (Å²) >= 11 is 0. The summed E-state index contributed by atoms with van der Waals surface area (Å²) in [6.45, 7) is 3.97. The van der Waals surface area contributed by atoms with Gasteiger partial charge in [-0.1, -0.05) is 12.1 Å². The lowest BCUT2D eigenvalue weighted by molar-refractivity contribution is 0.195. The molecule has 0 unspecified atom stereocenters. The minimum atomic E-state index is -1.31.